The van der Waals surface area contributed by atoms with Crippen LogP contribution in [-0.4, -0.2) is 31.0 Å². The van der Waals surface area contributed by atoms with Crippen molar-refractivity contribution in [3.8, 4) is 5.75 Å². The zero-order valence-corrected chi connectivity index (χ0v) is 14.8. The standard InChI is InChI=1S/C18H20FN3O4/c1-12(21(2)11-13-5-4-6-14(19)9-13)18(23)20-16-8-7-15(22(24)25)10-17(16)26-3/h4-10,12H,11H2,1-3H3,(H,20,23)/p+1/t12-/m1/s1. The topological polar surface area (TPSA) is 85.9 Å². The Bertz CT molecular complexity index is 813. The van der Waals surface area contributed by atoms with Gasteiger partial charge in [-0.15, -0.1) is 0 Å². The first-order chi connectivity index (χ1) is 12.3. The molecule has 0 aliphatic heterocycles. The third kappa shape index (κ3) is 4.76. The summed E-state index contributed by atoms with van der Waals surface area (Å²) in [4.78, 5) is 23.7. The molecule has 0 spiro atoms. The summed E-state index contributed by atoms with van der Waals surface area (Å²) in [5.74, 6) is -0.378. The van der Waals surface area contributed by atoms with Crippen LogP contribution in [0.1, 0.15) is 12.5 Å². The van der Waals surface area contributed by atoms with Gasteiger partial charge in [-0.05, 0) is 25.1 Å². The van der Waals surface area contributed by atoms with Gasteiger partial charge in [-0.1, -0.05) is 12.1 Å². The monoisotopic (exact) mass is 362 g/mol. The molecule has 7 nitrogen and oxygen atoms in total. The fraction of sp³-hybridized carbons (Fsp3) is 0.278. The van der Waals surface area contributed by atoms with E-state index in [1.165, 1.54) is 37.4 Å². The Morgan fingerprint density at radius 2 is 2.08 bits per heavy atom. The van der Waals surface area contributed by atoms with Gasteiger partial charge in [0.25, 0.3) is 11.6 Å². The molecule has 0 radical (unpaired) electrons. The minimum atomic E-state index is -0.534. The SMILES string of the molecule is COc1cc([N+](=O)[O-])ccc1NC(=O)[C@@H](C)[NH+](C)Cc1cccc(F)c1. The summed E-state index contributed by atoms with van der Waals surface area (Å²) in [6, 6.07) is 9.79. The smallest absolute Gasteiger partial charge is 0.282 e. The number of hydrogen-bond acceptors (Lipinski definition) is 4. The number of carbonyl (C=O) groups is 1. The summed E-state index contributed by atoms with van der Waals surface area (Å²) >= 11 is 0. The Hall–Kier alpha value is -3.00. The van der Waals surface area contributed by atoms with E-state index in [2.05, 4.69) is 5.32 Å². The number of methoxy groups -OCH3 is 1. The highest BCUT2D eigenvalue weighted by Crippen LogP contribution is 2.28. The van der Waals surface area contributed by atoms with Crippen molar-refractivity contribution in [3.63, 3.8) is 0 Å². The minimum absolute atomic E-state index is 0.123. The lowest BCUT2D eigenvalue weighted by Gasteiger charge is -2.21. The predicted octanol–water partition coefficient (Wildman–Crippen LogP) is 1.78. The predicted molar refractivity (Wildman–Crippen MR) is 94.7 cm³/mol. The molecule has 0 heterocycles. The van der Waals surface area contributed by atoms with Gasteiger partial charge in [0.1, 0.15) is 18.1 Å². The highest BCUT2D eigenvalue weighted by Gasteiger charge is 2.23. The van der Waals surface area contributed by atoms with E-state index in [0.717, 1.165) is 10.5 Å². The molecule has 1 unspecified atom stereocenters. The van der Waals surface area contributed by atoms with Crippen LogP contribution >= 0.6 is 0 Å². The van der Waals surface area contributed by atoms with Crippen molar-refractivity contribution < 1.29 is 23.7 Å². The number of hydrogen-bond donors (Lipinski definition) is 2. The highest BCUT2D eigenvalue weighted by atomic mass is 19.1. The van der Waals surface area contributed by atoms with Crippen molar-refractivity contribution in [1.29, 1.82) is 0 Å². The van der Waals surface area contributed by atoms with E-state index >= 15 is 0 Å². The summed E-state index contributed by atoms with van der Waals surface area (Å²) in [5.41, 5.74) is 1.02. The Balaban J connectivity index is 2.07. The molecule has 2 rings (SSSR count). The van der Waals surface area contributed by atoms with E-state index in [-0.39, 0.29) is 23.2 Å². The lowest BCUT2D eigenvalue weighted by molar-refractivity contribution is -0.907. The molecule has 2 atom stereocenters. The van der Waals surface area contributed by atoms with Crippen LogP contribution in [0.15, 0.2) is 42.5 Å². The number of anilines is 1. The maximum Gasteiger partial charge on any atom is 0.282 e. The van der Waals surface area contributed by atoms with Crippen molar-refractivity contribution >= 4 is 17.3 Å². The third-order valence-corrected chi connectivity index (χ3v) is 4.16. The number of non-ortho nitro benzene ring substituents is 1. The van der Waals surface area contributed by atoms with Crippen LogP contribution in [0.25, 0.3) is 0 Å². The van der Waals surface area contributed by atoms with Gasteiger partial charge < -0.3 is 15.0 Å². The first-order valence-electron chi connectivity index (χ1n) is 8.02. The van der Waals surface area contributed by atoms with E-state index in [1.54, 1.807) is 19.1 Å². The van der Waals surface area contributed by atoms with E-state index < -0.39 is 11.0 Å². The second kappa shape index (κ2) is 8.39. The number of nitrogens with one attached hydrogen (secondary N) is 2. The fourth-order valence-corrected chi connectivity index (χ4v) is 2.48. The maximum absolute atomic E-state index is 13.3. The number of nitro benzene ring substituents is 1. The van der Waals surface area contributed by atoms with Crippen LogP contribution in [0.5, 0.6) is 5.75 Å². The largest absolute Gasteiger partial charge is 0.494 e. The first kappa shape index (κ1) is 19.3. The first-order valence-corrected chi connectivity index (χ1v) is 8.02. The van der Waals surface area contributed by atoms with Crippen LogP contribution in [0.2, 0.25) is 0 Å². The lowest BCUT2D eigenvalue weighted by Crippen LogP contribution is -3.12. The van der Waals surface area contributed by atoms with Gasteiger partial charge in [-0.25, -0.2) is 4.39 Å². The van der Waals surface area contributed by atoms with Crippen molar-refractivity contribution in [2.45, 2.75) is 19.5 Å². The minimum Gasteiger partial charge on any atom is -0.494 e. The zero-order chi connectivity index (χ0) is 19.3. The number of likely N-dealkylation sites (N-methyl/N-ethyl adjacent to an activating group) is 1. The van der Waals surface area contributed by atoms with Gasteiger partial charge >= 0.3 is 0 Å². The lowest BCUT2D eigenvalue weighted by atomic mass is 10.1. The average Bonchev–Trinajstić information content (AvgIpc) is 2.61. The molecule has 1 amide bonds. The number of carbonyl (C=O) groups excluding carboxylic acids is 1. The molecule has 0 saturated carbocycles. The van der Waals surface area contributed by atoms with Gasteiger partial charge in [0, 0.05) is 11.6 Å². The summed E-state index contributed by atoms with van der Waals surface area (Å²) in [5, 5.41) is 13.6. The van der Waals surface area contributed by atoms with Crippen LogP contribution in [-0.2, 0) is 11.3 Å². The summed E-state index contributed by atoms with van der Waals surface area (Å²) < 4.78 is 18.4. The molecule has 2 N–H and O–H groups in total. The summed E-state index contributed by atoms with van der Waals surface area (Å²) in [6.45, 7) is 2.23. The molecule has 138 valence electrons. The number of halogens is 1. The Morgan fingerprint density at radius 3 is 2.69 bits per heavy atom. The fourth-order valence-electron chi connectivity index (χ4n) is 2.48. The highest BCUT2D eigenvalue weighted by molar-refractivity contribution is 5.95. The molecule has 0 aliphatic carbocycles. The summed E-state index contributed by atoms with van der Waals surface area (Å²) in [6.07, 6.45) is 0. The molecule has 0 bridgehead atoms. The molecule has 0 aliphatic rings. The Labute approximate surface area is 150 Å². The second-order valence-electron chi connectivity index (χ2n) is 6.01. The molecule has 2 aromatic rings. The van der Waals surface area contributed by atoms with E-state index in [0.29, 0.717) is 12.2 Å². The molecule has 8 heteroatoms. The number of quaternary nitrogens is 1. The molecular weight excluding hydrogens is 341 g/mol. The van der Waals surface area contributed by atoms with Crippen LogP contribution in [0, 0.1) is 15.9 Å². The van der Waals surface area contributed by atoms with E-state index in [1.807, 2.05) is 7.05 Å². The van der Waals surface area contributed by atoms with Gasteiger partial charge in [0.15, 0.2) is 6.04 Å². The van der Waals surface area contributed by atoms with E-state index in [9.17, 15) is 19.3 Å². The van der Waals surface area contributed by atoms with Crippen molar-refractivity contribution in [1.82, 2.24) is 0 Å². The quantitative estimate of drug-likeness (QED) is 0.581. The van der Waals surface area contributed by atoms with Crippen molar-refractivity contribution in [2.24, 2.45) is 0 Å². The van der Waals surface area contributed by atoms with E-state index in [4.69, 9.17) is 4.74 Å². The molecular formula is C18H21FN3O4+. The second-order valence-corrected chi connectivity index (χ2v) is 6.01. The number of amides is 1. The zero-order valence-electron chi connectivity index (χ0n) is 14.8. The number of benzene rings is 2. The number of nitrogens with zero attached hydrogens (tertiary/aromatic N) is 1. The Morgan fingerprint density at radius 1 is 1.35 bits per heavy atom. The molecule has 26 heavy (non-hydrogen) atoms. The number of ether oxygens (including phenoxy) is 1. The summed E-state index contributed by atoms with van der Waals surface area (Å²) in [7, 11) is 3.21. The van der Waals surface area contributed by atoms with Crippen molar-refractivity contribution in [2.75, 3.05) is 19.5 Å². The van der Waals surface area contributed by atoms with Gasteiger partial charge in [0.05, 0.1) is 30.8 Å². The van der Waals surface area contributed by atoms with Gasteiger partial charge in [-0.3, -0.25) is 14.9 Å². The number of nitro groups is 1. The molecule has 0 aromatic heterocycles. The maximum atomic E-state index is 13.3. The Kier molecular flexibility index (Phi) is 6.24. The van der Waals surface area contributed by atoms with Crippen LogP contribution < -0.4 is 15.0 Å². The van der Waals surface area contributed by atoms with Crippen LogP contribution in [0.3, 0.4) is 0 Å². The van der Waals surface area contributed by atoms with Crippen LogP contribution in [0.4, 0.5) is 15.8 Å². The molecule has 0 saturated heterocycles. The third-order valence-electron chi connectivity index (χ3n) is 4.16. The van der Waals surface area contributed by atoms with Gasteiger partial charge in [0.2, 0.25) is 0 Å². The average molecular weight is 362 g/mol. The van der Waals surface area contributed by atoms with Gasteiger partial charge in [-0.2, -0.15) is 0 Å². The van der Waals surface area contributed by atoms with Crippen molar-refractivity contribution in [3.05, 3.63) is 64.0 Å². The molecule has 0 fully saturated rings. The normalized spacial score (nSPS) is 12.9. The number of rotatable bonds is 7. The molecule has 2 aromatic carbocycles.